The summed E-state index contributed by atoms with van der Waals surface area (Å²) in [4.78, 5) is 4.94. The first-order valence-electron chi connectivity index (χ1n) is 7.94. The molecule has 0 bridgehead atoms. The number of nitrogens with one attached hydrogen (secondary N) is 2. The van der Waals surface area contributed by atoms with Gasteiger partial charge in [-0.1, -0.05) is 12.2 Å². The fourth-order valence-electron chi connectivity index (χ4n) is 2.53. The van der Waals surface area contributed by atoms with E-state index in [0.29, 0.717) is 0 Å². The Kier molecular flexibility index (Phi) is 10.5. The quantitative estimate of drug-likeness (QED) is 0.750. The summed E-state index contributed by atoms with van der Waals surface area (Å²) < 4.78 is 0. The highest BCUT2D eigenvalue weighted by Crippen LogP contribution is 1.94. The molecule has 1 aliphatic rings. The molecule has 0 amide bonds. The third kappa shape index (κ3) is 8.48. The molecule has 0 atom stereocenters. The highest BCUT2D eigenvalue weighted by molar-refractivity contribution is 4.76. The molecule has 0 unspecified atom stereocenters. The molecule has 4 nitrogen and oxygen atoms in total. The Bertz CT molecular complexity index is 213. The van der Waals surface area contributed by atoms with Gasteiger partial charge >= 0.3 is 0 Å². The normalized spacial score (nSPS) is 22.0. The highest BCUT2D eigenvalue weighted by Gasteiger charge is 2.05. The number of hydrogen-bond donors (Lipinski definition) is 2. The molecule has 0 spiro atoms. The molecule has 1 saturated heterocycles. The van der Waals surface area contributed by atoms with Crippen LogP contribution in [0.5, 0.6) is 0 Å². The molecule has 0 aromatic heterocycles. The topological polar surface area (TPSA) is 30.5 Å². The van der Waals surface area contributed by atoms with Crippen LogP contribution < -0.4 is 10.6 Å². The van der Waals surface area contributed by atoms with Gasteiger partial charge in [0.15, 0.2) is 0 Å². The molecule has 2 N–H and O–H groups in total. The van der Waals surface area contributed by atoms with Crippen molar-refractivity contribution in [3.05, 3.63) is 25.3 Å². The monoisotopic (exact) mass is 280 g/mol. The second-order valence-corrected chi connectivity index (χ2v) is 5.39. The van der Waals surface area contributed by atoms with E-state index in [4.69, 9.17) is 0 Å². The molecule has 4 heteroatoms. The minimum absolute atomic E-state index is 0.995. The van der Waals surface area contributed by atoms with Crippen LogP contribution in [0, 0.1) is 0 Å². The molecule has 1 aliphatic heterocycles. The molecule has 0 aliphatic carbocycles. The molecular formula is C16H32N4. The van der Waals surface area contributed by atoms with E-state index in [1.165, 1.54) is 12.8 Å². The van der Waals surface area contributed by atoms with Crippen molar-refractivity contribution in [3.8, 4) is 0 Å². The van der Waals surface area contributed by atoms with Crippen LogP contribution in [0.3, 0.4) is 0 Å². The van der Waals surface area contributed by atoms with Crippen LogP contribution in [0.1, 0.15) is 12.8 Å². The first-order valence-corrected chi connectivity index (χ1v) is 7.94. The van der Waals surface area contributed by atoms with Crippen LogP contribution in [0.2, 0.25) is 0 Å². The summed E-state index contributed by atoms with van der Waals surface area (Å²) in [5, 5.41) is 7.09. The van der Waals surface area contributed by atoms with Gasteiger partial charge in [0.1, 0.15) is 0 Å². The van der Waals surface area contributed by atoms with Crippen molar-refractivity contribution >= 4 is 0 Å². The predicted octanol–water partition coefficient (Wildman–Crippen LogP) is 0.935. The molecule has 1 heterocycles. The fourth-order valence-corrected chi connectivity index (χ4v) is 2.53. The fraction of sp³-hybridized carbons (Fsp3) is 0.750. The lowest BCUT2D eigenvalue weighted by Crippen LogP contribution is -2.38. The van der Waals surface area contributed by atoms with Crippen molar-refractivity contribution in [2.45, 2.75) is 12.8 Å². The molecule has 0 aromatic rings. The van der Waals surface area contributed by atoms with Gasteiger partial charge in [-0.25, -0.2) is 0 Å². The van der Waals surface area contributed by atoms with Gasteiger partial charge < -0.3 is 10.6 Å². The molecule has 20 heavy (non-hydrogen) atoms. The molecule has 116 valence electrons. The summed E-state index contributed by atoms with van der Waals surface area (Å²) in [6, 6.07) is 0. The lowest BCUT2D eigenvalue weighted by Gasteiger charge is -2.24. The van der Waals surface area contributed by atoms with Crippen molar-refractivity contribution in [1.29, 1.82) is 0 Å². The summed E-state index contributed by atoms with van der Waals surface area (Å²) >= 11 is 0. The SMILES string of the molecule is C=CCN1CCCNCCN(CC=C)CCCNCC1. The maximum absolute atomic E-state index is 3.85. The second-order valence-electron chi connectivity index (χ2n) is 5.39. The Morgan fingerprint density at radius 2 is 1.15 bits per heavy atom. The molecule has 0 aromatic carbocycles. The van der Waals surface area contributed by atoms with Crippen LogP contribution in [0.25, 0.3) is 0 Å². The van der Waals surface area contributed by atoms with E-state index in [1.807, 2.05) is 12.2 Å². The molecule has 1 rings (SSSR count). The molecule has 0 saturated carbocycles. The number of hydrogen-bond acceptors (Lipinski definition) is 4. The van der Waals surface area contributed by atoms with E-state index in [9.17, 15) is 0 Å². The zero-order chi connectivity index (χ0) is 14.5. The average Bonchev–Trinajstić information content (AvgIpc) is 2.45. The van der Waals surface area contributed by atoms with Crippen LogP contribution in [-0.2, 0) is 0 Å². The molecule has 1 fully saturated rings. The molecule has 0 radical (unpaired) electrons. The zero-order valence-electron chi connectivity index (χ0n) is 12.9. The second kappa shape index (κ2) is 12.1. The Morgan fingerprint density at radius 3 is 1.55 bits per heavy atom. The van der Waals surface area contributed by atoms with Crippen molar-refractivity contribution in [2.75, 3.05) is 65.4 Å². The largest absolute Gasteiger partial charge is 0.315 e. The van der Waals surface area contributed by atoms with Gasteiger partial charge in [0, 0.05) is 39.3 Å². The van der Waals surface area contributed by atoms with E-state index < -0.39 is 0 Å². The summed E-state index contributed by atoms with van der Waals surface area (Å²) in [5.41, 5.74) is 0. The standard InChI is InChI=1S/C16H32N4/c1-3-11-19-13-5-7-18-10-16-20(12-4-2)14-6-8-17-9-15-19/h3-4,17-18H,1-2,5-16H2. The lowest BCUT2D eigenvalue weighted by atomic mass is 10.3. The van der Waals surface area contributed by atoms with Crippen molar-refractivity contribution < 1.29 is 0 Å². The summed E-state index contributed by atoms with van der Waals surface area (Å²) in [6.45, 7) is 18.6. The van der Waals surface area contributed by atoms with Crippen LogP contribution in [-0.4, -0.2) is 75.2 Å². The maximum Gasteiger partial charge on any atom is 0.0161 e. The van der Waals surface area contributed by atoms with Gasteiger partial charge in [-0.3, -0.25) is 9.80 Å². The third-order valence-corrected chi connectivity index (χ3v) is 3.64. The Morgan fingerprint density at radius 1 is 0.700 bits per heavy atom. The van der Waals surface area contributed by atoms with Crippen LogP contribution in [0.4, 0.5) is 0 Å². The van der Waals surface area contributed by atoms with E-state index in [1.54, 1.807) is 0 Å². The van der Waals surface area contributed by atoms with E-state index in [2.05, 4.69) is 33.6 Å². The smallest absolute Gasteiger partial charge is 0.0161 e. The summed E-state index contributed by atoms with van der Waals surface area (Å²) in [5.74, 6) is 0. The lowest BCUT2D eigenvalue weighted by molar-refractivity contribution is 0.273. The van der Waals surface area contributed by atoms with Gasteiger partial charge in [-0.2, -0.15) is 0 Å². The highest BCUT2D eigenvalue weighted by atomic mass is 15.1. The average molecular weight is 280 g/mol. The number of nitrogens with zero attached hydrogens (tertiary/aromatic N) is 2. The van der Waals surface area contributed by atoms with E-state index in [0.717, 1.165) is 65.4 Å². The number of rotatable bonds is 4. The van der Waals surface area contributed by atoms with Gasteiger partial charge in [0.25, 0.3) is 0 Å². The van der Waals surface area contributed by atoms with E-state index in [-0.39, 0.29) is 0 Å². The first-order chi connectivity index (χ1) is 9.86. The van der Waals surface area contributed by atoms with Gasteiger partial charge in [0.05, 0.1) is 0 Å². The zero-order valence-corrected chi connectivity index (χ0v) is 12.9. The first kappa shape index (κ1) is 17.4. The Balaban J connectivity index is 2.32. The predicted molar refractivity (Wildman–Crippen MR) is 88.2 cm³/mol. The van der Waals surface area contributed by atoms with E-state index >= 15 is 0 Å². The summed E-state index contributed by atoms with van der Waals surface area (Å²) in [6.07, 6.45) is 6.41. The maximum atomic E-state index is 3.85. The minimum Gasteiger partial charge on any atom is -0.315 e. The van der Waals surface area contributed by atoms with Gasteiger partial charge in [0.2, 0.25) is 0 Å². The van der Waals surface area contributed by atoms with Crippen LogP contribution in [0.15, 0.2) is 25.3 Å². The van der Waals surface area contributed by atoms with Crippen molar-refractivity contribution in [1.82, 2.24) is 20.4 Å². The van der Waals surface area contributed by atoms with Gasteiger partial charge in [-0.05, 0) is 39.0 Å². The van der Waals surface area contributed by atoms with Gasteiger partial charge in [-0.15, -0.1) is 13.2 Å². The molecular weight excluding hydrogens is 248 g/mol. The summed E-state index contributed by atoms with van der Waals surface area (Å²) in [7, 11) is 0. The third-order valence-electron chi connectivity index (χ3n) is 3.64. The van der Waals surface area contributed by atoms with Crippen molar-refractivity contribution in [2.24, 2.45) is 0 Å². The Hall–Kier alpha value is -0.680. The minimum atomic E-state index is 0.995. The van der Waals surface area contributed by atoms with Crippen LogP contribution >= 0.6 is 0 Å². The van der Waals surface area contributed by atoms with Crippen molar-refractivity contribution in [3.63, 3.8) is 0 Å². The Labute approximate surface area is 124 Å².